The fourth-order valence-corrected chi connectivity index (χ4v) is 3.47. The molecule has 9 N–H and O–H groups in total. The minimum Gasteiger partial charge on any atom is -0.481 e. The van der Waals surface area contributed by atoms with Crippen LogP contribution in [0, 0.1) is 0 Å². The van der Waals surface area contributed by atoms with Gasteiger partial charge < -0.3 is 37.3 Å². The SMILES string of the molecule is NCCCCC(NC(=O)C(N)Cc1c[nH]c2ccccc12)C(=O)NC(CCC(=O)O)C(=O)O. The van der Waals surface area contributed by atoms with E-state index < -0.39 is 48.3 Å². The molecule has 180 valence electrons. The summed E-state index contributed by atoms with van der Waals surface area (Å²) in [7, 11) is 0. The molecule has 0 spiro atoms. The Morgan fingerprint density at radius 2 is 1.67 bits per heavy atom. The summed E-state index contributed by atoms with van der Waals surface area (Å²) in [6, 6.07) is 4.25. The van der Waals surface area contributed by atoms with Gasteiger partial charge in [-0.3, -0.25) is 14.4 Å². The highest BCUT2D eigenvalue weighted by atomic mass is 16.4. The summed E-state index contributed by atoms with van der Waals surface area (Å²) in [4.78, 5) is 50.8. The maximum absolute atomic E-state index is 12.7. The van der Waals surface area contributed by atoms with Crippen LogP contribution in [-0.2, 0) is 25.6 Å². The molecule has 2 aromatic rings. The van der Waals surface area contributed by atoms with Crippen molar-refractivity contribution in [3.63, 3.8) is 0 Å². The zero-order chi connectivity index (χ0) is 24.4. The number of H-pyrrole nitrogens is 1. The molecular formula is C22H31N5O6. The number of carbonyl (C=O) groups is 4. The number of fused-ring (bicyclic) bond motifs is 1. The van der Waals surface area contributed by atoms with E-state index in [4.69, 9.17) is 16.6 Å². The van der Waals surface area contributed by atoms with Crippen LogP contribution in [0.1, 0.15) is 37.7 Å². The van der Waals surface area contributed by atoms with E-state index >= 15 is 0 Å². The normalized spacial score (nSPS) is 13.8. The van der Waals surface area contributed by atoms with Gasteiger partial charge in [-0.05, 0) is 50.3 Å². The maximum atomic E-state index is 12.7. The lowest BCUT2D eigenvalue weighted by molar-refractivity contribution is -0.143. The molecule has 2 amide bonds. The van der Waals surface area contributed by atoms with Crippen LogP contribution in [-0.4, -0.2) is 63.6 Å². The number of carboxylic acid groups (broad SMARTS) is 2. The van der Waals surface area contributed by atoms with Crippen molar-refractivity contribution < 1.29 is 29.4 Å². The molecule has 0 aliphatic rings. The van der Waals surface area contributed by atoms with Crippen molar-refractivity contribution in [2.45, 2.75) is 56.7 Å². The Bertz CT molecular complexity index is 975. The van der Waals surface area contributed by atoms with Gasteiger partial charge in [-0.2, -0.15) is 0 Å². The molecule has 0 aliphatic heterocycles. The lowest BCUT2D eigenvalue weighted by Gasteiger charge is -2.23. The zero-order valence-corrected chi connectivity index (χ0v) is 18.3. The first kappa shape index (κ1) is 25.8. The van der Waals surface area contributed by atoms with Gasteiger partial charge in [0.05, 0.1) is 6.04 Å². The quantitative estimate of drug-likeness (QED) is 0.192. The molecule has 0 saturated carbocycles. The van der Waals surface area contributed by atoms with Crippen molar-refractivity contribution in [1.29, 1.82) is 0 Å². The molecule has 1 aromatic heterocycles. The van der Waals surface area contributed by atoms with Gasteiger partial charge in [-0.25, -0.2) is 4.79 Å². The molecule has 0 bridgehead atoms. The fraction of sp³-hybridized carbons (Fsp3) is 0.455. The first-order valence-electron chi connectivity index (χ1n) is 10.8. The molecule has 0 aliphatic carbocycles. The first-order valence-corrected chi connectivity index (χ1v) is 10.8. The van der Waals surface area contributed by atoms with Crippen LogP contribution >= 0.6 is 0 Å². The summed E-state index contributed by atoms with van der Waals surface area (Å²) in [5.41, 5.74) is 13.4. The molecule has 0 fully saturated rings. The Morgan fingerprint density at radius 3 is 2.33 bits per heavy atom. The molecular weight excluding hydrogens is 430 g/mol. The Labute approximate surface area is 190 Å². The predicted octanol–water partition coefficient (Wildman–Crippen LogP) is 0.0857. The number of rotatable bonds is 14. The van der Waals surface area contributed by atoms with Crippen molar-refractivity contribution in [2.24, 2.45) is 11.5 Å². The second-order valence-electron chi connectivity index (χ2n) is 7.85. The third kappa shape index (κ3) is 7.88. The van der Waals surface area contributed by atoms with E-state index in [9.17, 15) is 24.3 Å². The third-order valence-electron chi connectivity index (χ3n) is 5.29. The lowest BCUT2D eigenvalue weighted by atomic mass is 10.0. The fourth-order valence-electron chi connectivity index (χ4n) is 3.47. The number of nitrogens with two attached hydrogens (primary N) is 2. The van der Waals surface area contributed by atoms with E-state index in [1.165, 1.54) is 0 Å². The summed E-state index contributed by atoms with van der Waals surface area (Å²) in [6.07, 6.45) is 2.70. The largest absolute Gasteiger partial charge is 0.481 e. The number of para-hydroxylation sites is 1. The molecule has 0 saturated heterocycles. The van der Waals surface area contributed by atoms with Gasteiger partial charge in [0.25, 0.3) is 0 Å². The van der Waals surface area contributed by atoms with Gasteiger partial charge in [0.15, 0.2) is 0 Å². The number of carbonyl (C=O) groups excluding carboxylic acids is 2. The Balaban J connectivity index is 2.05. The first-order chi connectivity index (χ1) is 15.7. The van der Waals surface area contributed by atoms with E-state index in [0.29, 0.717) is 19.4 Å². The molecule has 3 unspecified atom stereocenters. The minimum atomic E-state index is -1.39. The standard InChI is InChI=1S/C22H31N5O6/c23-10-4-3-7-17(21(31)27-18(22(32)33)8-9-19(28)29)26-20(30)15(24)11-13-12-25-16-6-2-1-5-14(13)16/h1-2,5-6,12,15,17-18,25H,3-4,7-11,23-24H2,(H,26,30)(H,27,31)(H,28,29)(H,32,33). The van der Waals surface area contributed by atoms with Crippen molar-refractivity contribution in [1.82, 2.24) is 15.6 Å². The molecule has 33 heavy (non-hydrogen) atoms. The summed E-state index contributed by atoms with van der Waals surface area (Å²) in [5.74, 6) is -3.79. The van der Waals surface area contributed by atoms with Crippen LogP contribution in [0.5, 0.6) is 0 Å². The maximum Gasteiger partial charge on any atom is 0.326 e. The highest BCUT2D eigenvalue weighted by Crippen LogP contribution is 2.18. The molecule has 1 aromatic carbocycles. The van der Waals surface area contributed by atoms with Crippen LogP contribution in [0.25, 0.3) is 10.9 Å². The summed E-state index contributed by atoms with van der Waals surface area (Å²) in [5, 5.41) is 24.0. The van der Waals surface area contributed by atoms with Gasteiger partial charge in [0.1, 0.15) is 12.1 Å². The topological polar surface area (TPSA) is 201 Å². The molecule has 0 radical (unpaired) electrons. The number of aromatic nitrogens is 1. The molecule has 11 nitrogen and oxygen atoms in total. The Kier molecular flexibility index (Phi) is 9.83. The third-order valence-corrected chi connectivity index (χ3v) is 5.29. The highest BCUT2D eigenvalue weighted by molar-refractivity contribution is 5.92. The lowest BCUT2D eigenvalue weighted by Crippen LogP contribution is -2.54. The average molecular weight is 462 g/mol. The second kappa shape index (κ2) is 12.6. The summed E-state index contributed by atoms with van der Waals surface area (Å²) >= 11 is 0. The zero-order valence-electron chi connectivity index (χ0n) is 18.3. The van der Waals surface area contributed by atoms with Crippen molar-refractivity contribution in [3.8, 4) is 0 Å². The molecule has 2 rings (SSSR count). The number of benzene rings is 1. The van der Waals surface area contributed by atoms with Crippen molar-refractivity contribution in [2.75, 3.05) is 6.54 Å². The number of aliphatic carboxylic acids is 2. The van der Waals surface area contributed by atoms with Crippen molar-refractivity contribution in [3.05, 3.63) is 36.0 Å². The number of hydrogen-bond acceptors (Lipinski definition) is 6. The summed E-state index contributed by atoms with van der Waals surface area (Å²) in [6.45, 7) is 0.402. The van der Waals surface area contributed by atoms with E-state index in [2.05, 4.69) is 15.6 Å². The van der Waals surface area contributed by atoms with Crippen LogP contribution in [0.2, 0.25) is 0 Å². The van der Waals surface area contributed by atoms with Crippen LogP contribution in [0.4, 0.5) is 0 Å². The van der Waals surface area contributed by atoms with Crippen LogP contribution in [0.3, 0.4) is 0 Å². The molecule has 1 heterocycles. The Morgan fingerprint density at radius 1 is 0.970 bits per heavy atom. The molecule has 3 atom stereocenters. The van der Waals surface area contributed by atoms with Gasteiger partial charge >= 0.3 is 11.9 Å². The smallest absolute Gasteiger partial charge is 0.326 e. The summed E-state index contributed by atoms with van der Waals surface area (Å²) < 4.78 is 0. The highest BCUT2D eigenvalue weighted by Gasteiger charge is 2.28. The number of unbranched alkanes of at least 4 members (excludes halogenated alkanes) is 1. The van der Waals surface area contributed by atoms with E-state index in [1.54, 1.807) is 6.20 Å². The number of carboxylic acids is 2. The Hall–Kier alpha value is -3.44. The van der Waals surface area contributed by atoms with Crippen LogP contribution in [0.15, 0.2) is 30.5 Å². The number of amides is 2. The van der Waals surface area contributed by atoms with E-state index in [0.717, 1.165) is 16.5 Å². The number of nitrogens with one attached hydrogen (secondary N) is 3. The number of hydrogen-bond donors (Lipinski definition) is 7. The van der Waals surface area contributed by atoms with Crippen molar-refractivity contribution >= 4 is 34.7 Å². The van der Waals surface area contributed by atoms with E-state index in [1.807, 2.05) is 24.3 Å². The minimum absolute atomic E-state index is 0.236. The van der Waals surface area contributed by atoms with Gasteiger partial charge in [0, 0.05) is 23.5 Å². The predicted molar refractivity (Wildman–Crippen MR) is 121 cm³/mol. The van der Waals surface area contributed by atoms with Gasteiger partial charge in [0.2, 0.25) is 11.8 Å². The monoisotopic (exact) mass is 461 g/mol. The van der Waals surface area contributed by atoms with Gasteiger partial charge in [-0.15, -0.1) is 0 Å². The van der Waals surface area contributed by atoms with E-state index in [-0.39, 0.29) is 19.3 Å². The number of aromatic amines is 1. The van der Waals surface area contributed by atoms with Gasteiger partial charge in [-0.1, -0.05) is 18.2 Å². The second-order valence-corrected chi connectivity index (χ2v) is 7.85. The average Bonchev–Trinajstić information content (AvgIpc) is 3.18. The molecule has 11 heteroatoms. The van der Waals surface area contributed by atoms with Crippen LogP contribution < -0.4 is 22.1 Å².